The van der Waals surface area contributed by atoms with Crippen molar-refractivity contribution in [2.75, 3.05) is 33.2 Å². The van der Waals surface area contributed by atoms with Gasteiger partial charge in [0.15, 0.2) is 0 Å². The highest BCUT2D eigenvalue weighted by Crippen LogP contribution is 2.16. The lowest BCUT2D eigenvalue weighted by Gasteiger charge is -2.15. The van der Waals surface area contributed by atoms with Gasteiger partial charge in [0.05, 0.1) is 0 Å². The molecule has 1 aromatic rings. The van der Waals surface area contributed by atoms with E-state index in [0.29, 0.717) is 25.2 Å². The molecule has 0 aliphatic carbocycles. The Bertz CT molecular complexity index is 572. The number of likely N-dealkylation sites (tertiary alicyclic amines) is 1. The Kier molecular flexibility index (Phi) is 5.69. The normalized spacial score (nSPS) is 16.5. The molecule has 0 aromatic heterocycles. The molecule has 0 atom stereocenters. The summed E-state index contributed by atoms with van der Waals surface area (Å²) in [6.07, 6.45) is 2.32. The molecular weight excluding hydrogens is 293 g/mol. The zero-order chi connectivity index (χ0) is 15.3. The van der Waals surface area contributed by atoms with Crippen LogP contribution in [0.25, 0.3) is 0 Å². The Labute approximate surface area is 125 Å². The number of halogens is 1. The van der Waals surface area contributed by atoms with Crippen LogP contribution in [-0.4, -0.2) is 46.5 Å². The first-order valence-electron chi connectivity index (χ1n) is 7.18. The number of benzene rings is 1. The Hall–Kier alpha value is -1.02. The van der Waals surface area contributed by atoms with Gasteiger partial charge in [-0.25, -0.2) is 17.5 Å². The van der Waals surface area contributed by atoms with Crippen molar-refractivity contribution in [3.8, 4) is 0 Å². The lowest BCUT2D eigenvalue weighted by Crippen LogP contribution is -2.33. The maximum Gasteiger partial charge on any atom is 0.243 e. The van der Waals surface area contributed by atoms with Crippen LogP contribution < -0.4 is 10.0 Å². The highest BCUT2D eigenvalue weighted by atomic mass is 32.2. The topological polar surface area (TPSA) is 61.4 Å². The molecule has 2 rings (SSSR count). The zero-order valence-corrected chi connectivity index (χ0v) is 13.0. The van der Waals surface area contributed by atoms with Gasteiger partial charge in [-0.15, -0.1) is 0 Å². The van der Waals surface area contributed by atoms with Crippen molar-refractivity contribution in [2.45, 2.75) is 24.3 Å². The summed E-state index contributed by atoms with van der Waals surface area (Å²) in [5.41, 5.74) is 0.714. The number of hydrogen-bond acceptors (Lipinski definition) is 4. The molecule has 0 spiro atoms. The van der Waals surface area contributed by atoms with Crippen LogP contribution in [0, 0.1) is 5.82 Å². The quantitative estimate of drug-likeness (QED) is 0.785. The SMILES string of the molecule is CNCc1ccc(S(=O)(=O)NCCN2CCCC2)c(F)c1. The summed E-state index contributed by atoms with van der Waals surface area (Å²) < 4.78 is 40.6. The van der Waals surface area contributed by atoms with Gasteiger partial charge in [-0.05, 0) is 50.7 Å². The third-order valence-corrected chi connectivity index (χ3v) is 5.08. The fourth-order valence-electron chi connectivity index (χ4n) is 2.50. The van der Waals surface area contributed by atoms with E-state index >= 15 is 0 Å². The summed E-state index contributed by atoms with van der Waals surface area (Å²) in [6, 6.07) is 4.19. The van der Waals surface area contributed by atoms with Crippen molar-refractivity contribution in [2.24, 2.45) is 0 Å². The molecule has 7 heteroatoms. The molecule has 0 saturated carbocycles. The molecular formula is C14H22FN3O2S. The first kappa shape index (κ1) is 16.4. The van der Waals surface area contributed by atoms with E-state index in [1.807, 2.05) is 0 Å². The Balaban J connectivity index is 1.97. The van der Waals surface area contributed by atoms with Crippen LogP contribution in [-0.2, 0) is 16.6 Å². The van der Waals surface area contributed by atoms with E-state index in [2.05, 4.69) is 14.9 Å². The predicted molar refractivity (Wildman–Crippen MR) is 80.0 cm³/mol. The molecule has 0 amide bonds. The maximum atomic E-state index is 13.9. The van der Waals surface area contributed by atoms with Crippen LogP contribution in [0.3, 0.4) is 0 Å². The molecule has 1 saturated heterocycles. The average Bonchev–Trinajstić information content (AvgIpc) is 2.92. The summed E-state index contributed by atoms with van der Waals surface area (Å²) in [6.45, 7) is 3.49. The van der Waals surface area contributed by atoms with E-state index in [1.165, 1.54) is 12.1 Å². The standard InChI is InChI=1S/C14H22FN3O2S/c1-16-11-12-4-5-14(13(15)10-12)21(19,20)17-6-9-18-7-2-3-8-18/h4-5,10,16-17H,2-3,6-9,11H2,1H3. The maximum absolute atomic E-state index is 13.9. The predicted octanol–water partition coefficient (Wildman–Crippen LogP) is 0.919. The fourth-order valence-corrected chi connectivity index (χ4v) is 3.58. The summed E-state index contributed by atoms with van der Waals surface area (Å²) in [4.78, 5) is 1.92. The van der Waals surface area contributed by atoms with Crippen LogP contribution >= 0.6 is 0 Å². The van der Waals surface area contributed by atoms with Crippen molar-refractivity contribution < 1.29 is 12.8 Å². The van der Waals surface area contributed by atoms with Gasteiger partial charge in [0.1, 0.15) is 10.7 Å². The Morgan fingerprint density at radius 2 is 2.00 bits per heavy atom. The Morgan fingerprint density at radius 1 is 1.29 bits per heavy atom. The second kappa shape index (κ2) is 7.31. The van der Waals surface area contributed by atoms with Crippen LogP contribution in [0.2, 0.25) is 0 Å². The van der Waals surface area contributed by atoms with E-state index < -0.39 is 15.8 Å². The summed E-state index contributed by atoms with van der Waals surface area (Å²) in [7, 11) is -2.03. The van der Waals surface area contributed by atoms with Crippen molar-refractivity contribution in [1.29, 1.82) is 0 Å². The largest absolute Gasteiger partial charge is 0.316 e. The van der Waals surface area contributed by atoms with Crippen LogP contribution in [0.15, 0.2) is 23.1 Å². The third kappa shape index (κ3) is 4.47. The molecule has 1 heterocycles. The second-order valence-electron chi connectivity index (χ2n) is 5.24. The fraction of sp³-hybridized carbons (Fsp3) is 0.571. The van der Waals surface area contributed by atoms with Crippen molar-refractivity contribution in [1.82, 2.24) is 14.9 Å². The zero-order valence-electron chi connectivity index (χ0n) is 12.2. The Morgan fingerprint density at radius 3 is 2.62 bits per heavy atom. The molecule has 21 heavy (non-hydrogen) atoms. The van der Waals surface area contributed by atoms with Gasteiger partial charge in [0.25, 0.3) is 0 Å². The van der Waals surface area contributed by atoms with E-state index in [-0.39, 0.29) is 4.90 Å². The summed E-state index contributed by atoms with van der Waals surface area (Å²) >= 11 is 0. The van der Waals surface area contributed by atoms with Gasteiger partial charge in [0.2, 0.25) is 10.0 Å². The number of nitrogens with one attached hydrogen (secondary N) is 2. The van der Waals surface area contributed by atoms with Gasteiger partial charge < -0.3 is 10.2 Å². The van der Waals surface area contributed by atoms with E-state index in [9.17, 15) is 12.8 Å². The average molecular weight is 315 g/mol. The minimum Gasteiger partial charge on any atom is -0.316 e. The molecule has 0 radical (unpaired) electrons. The molecule has 0 unspecified atom stereocenters. The summed E-state index contributed by atoms with van der Waals surface area (Å²) in [5.74, 6) is -0.712. The number of rotatable bonds is 7. The van der Waals surface area contributed by atoms with Gasteiger partial charge >= 0.3 is 0 Å². The highest BCUT2D eigenvalue weighted by molar-refractivity contribution is 7.89. The third-order valence-electron chi connectivity index (χ3n) is 3.59. The molecule has 0 bridgehead atoms. The minimum absolute atomic E-state index is 0.288. The number of nitrogens with zero attached hydrogens (tertiary/aromatic N) is 1. The van der Waals surface area contributed by atoms with Gasteiger partial charge in [0, 0.05) is 19.6 Å². The molecule has 1 aliphatic heterocycles. The molecule has 1 aliphatic rings. The number of hydrogen-bond donors (Lipinski definition) is 2. The first-order chi connectivity index (χ1) is 10.0. The molecule has 1 aromatic carbocycles. The molecule has 118 valence electrons. The smallest absolute Gasteiger partial charge is 0.243 e. The molecule has 5 nitrogen and oxygen atoms in total. The first-order valence-corrected chi connectivity index (χ1v) is 8.66. The van der Waals surface area contributed by atoms with Crippen LogP contribution in [0.5, 0.6) is 0 Å². The summed E-state index contributed by atoms with van der Waals surface area (Å²) in [5, 5.41) is 2.90. The van der Waals surface area contributed by atoms with E-state index in [4.69, 9.17) is 0 Å². The van der Waals surface area contributed by atoms with Gasteiger partial charge in [-0.1, -0.05) is 6.07 Å². The lowest BCUT2D eigenvalue weighted by molar-refractivity contribution is 0.344. The van der Waals surface area contributed by atoms with Crippen LogP contribution in [0.4, 0.5) is 4.39 Å². The van der Waals surface area contributed by atoms with Crippen molar-refractivity contribution in [3.05, 3.63) is 29.6 Å². The lowest BCUT2D eigenvalue weighted by atomic mass is 10.2. The van der Waals surface area contributed by atoms with E-state index in [1.54, 1.807) is 13.1 Å². The van der Waals surface area contributed by atoms with Crippen LogP contribution in [0.1, 0.15) is 18.4 Å². The van der Waals surface area contributed by atoms with Gasteiger partial charge in [-0.3, -0.25) is 0 Å². The van der Waals surface area contributed by atoms with Crippen molar-refractivity contribution in [3.63, 3.8) is 0 Å². The minimum atomic E-state index is -3.79. The van der Waals surface area contributed by atoms with Gasteiger partial charge in [-0.2, -0.15) is 0 Å². The second-order valence-corrected chi connectivity index (χ2v) is 6.98. The number of sulfonamides is 1. The monoisotopic (exact) mass is 315 g/mol. The molecule has 1 fully saturated rings. The molecule has 2 N–H and O–H groups in total. The van der Waals surface area contributed by atoms with E-state index in [0.717, 1.165) is 25.9 Å². The highest BCUT2D eigenvalue weighted by Gasteiger charge is 2.19. The van der Waals surface area contributed by atoms with Crippen molar-refractivity contribution >= 4 is 10.0 Å².